The number of aliphatic carboxylic acids is 1. The molecule has 0 spiro atoms. The Labute approximate surface area is 79.0 Å². The second-order valence-corrected chi connectivity index (χ2v) is 2.77. The summed E-state index contributed by atoms with van der Waals surface area (Å²) in [5, 5.41) is 7.72. The quantitative estimate of drug-likeness (QED) is 0.705. The monoisotopic (exact) mass is 211 g/mol. The molecule has 0 aliphatic carbocycles. The van der Waals surface area contributed by atoms with Gasteiger partial charge in [0.15, 0.2) is 0 Å². The Kier molecular flexibility index (Phi) is 13.2. The van der Waals surface area contributed by atoms with Gasteiger partial charge in [0.2, 0.25) is 0 Å². The zero-order chi connectivity index (χ0) is 10.7. The van der Waals surface area contributed by atoms with Crippen molar-refractivity contribution in [1.29, 1.82) is 0 Å². The van der Waals surface area contributed by atoms with E-state index in [1.807, 2.05) is 0 Å². The fourth-order valence-electron chi connectivity index (χ4n) is 0.248. The largest absolute Gasteiger partial charge is 0.697 e. The lowest BCUT2D eigenvalue weighted by Crippen LogP contribution is -1.86. The van der Waals surface area contributed by atoms with Gasteiger partial charge in [0, 0.05) is 11.0 Å². The number of carboxylic acid groups (broad SMARTS) is 1. The molecule has 0 radical (unpaired) electrons. The molecule has 0 atom stereocenters. The summed E-state index contributed by atoms with van der Waals surface area (Å²) in [6.07, 6.45) is 0.222. The molecular weight excluding hydrogens is 195 g/mol. The summed E-state index contributed by atoms with van der Waals surface area (Å²) < 4.78 is 19.5. The van der Waals surface area contributed by atoms with E-state index in [0.29, 0.717) is 13.2 Å². The van der Waals surface area contributed by atoms with Gasteiger partial charge in [-0.2, -0.15) is 0 Å². The van der Waals surface area contributed by atoms with Crippen molar-refractivity contribution >= 4 is 14.2 Å². The second kappa shape index (κ2) is 11.5. The molecule has 0 saturated carbocycles. The van der Waals surface area contributed by atoms with Crippen LogP contribution < -0.4 is 0 Å². The highest BCUT2D eigenvalue weighted by molar-refractivity contribution is 7.33. The van der Waals surface area contributed by atoms with Gasteiger partial charge in [0.05, 0.1) is 0 Å². The lowest BCUT2D eigenvalue weighted by atomic mass is 10.5. The molecule has 13 heavy (non-hydrogen) atoms. The number of rotatable bonds is 5. The molecule has 0 heterocycles. The van der Waals surface area contributed by atoms with Gasteiger partial charge in [-0.25, -0.2) is 0 Å². The summed E-state index contributed by atoms with van der Waals surface area (Å²) in [6.45, 7) is 6.02. The highest BCUT2D eigenvalue weighted by Gasteiger charge is 2.15. The summed E-state index contributed by atoms with van der Waals surface area (Å²) in [4.78, 5) is 9.37. The lowest BCUT2D eigenvalue weighted by molar-refractivity contribution is -0.136. The van der Waals surface area contributed by atoms with E-state index in [0.717, 1.165) is 0 Å². The van der Waals surface area contributed by atoms with E-state index in [2.05, 4.69) is 9.05 Å². The Morgan fingerprint density at radius 2 is 1.54 bits per heavy atom. The number of carbonyl (C=O) groups is 1. The van der Waals surface area contributed by atoms with Crippen LogP contribution in [0.1, 0.15) is 27.2 Å². The molecule has 0 aromatic carbocycles. The average molecular weight is 211 g/mol. The van der Waals surface area contributed by atoms with Crippen molar-refractivity contribution < 1.29 is 23.5 Å². The van der Waals surface area contributed by atoms with Gasteiger partial charge in [-0.05, 0) is 13.8 Å². The predicted molar refractivity (Wildman–Crippen MR) is 48.8 cm³/mol. The van der Waals surface area contributed by atoms with Crippen molar-refractivity contribution in [1.82, 2.24) is 0 Å². The predicted octanol–water partition coefficient (Wildman–Crippen LogP) is 2.20. The van der Waals surface area contributed by atoms with Crippen molar-refractivity contribution in [2.24, 2.45) is 0 Å². The third-order valence-corrected chi connectivity index (χ3v) is 1.71. The molecule has 6 heteroatoms. The van der Waals surface area contributed by atoms with E-state index in [1.54, 1.807) is 20.8 Å². The van der Waals surface area contributed by atoms with Gasteiger partial charge in [-0.1, -0.05) is 6.92 Å². The smallest absolute Gasteiger partial charge is 0.481 e. The van der Waals surface area contributed by atoms with Crippen molar-refractivity contribution in [3.05, 3.63) is 0 Å². The minimum absolute atomic E-state index is 0.222. The van der Waals surface area contributed by atoms with Crippen molar-refractivity contribution in [3.63, 3.8) is 0 Å². The molecule has 0 rings (SSSR count). The number of hydrogen-bond donors (Lipinski definition) is 1. The molecule has 0 amide bonds. The van der Waals surface area contributed by atoms with Crippen LogP contribution in [-0.2, 0) is 18.4 Å². The Morgan fingerprint density at radius 3 is 1.69 bits per heavy atom. The summed E-state index contributed by atoms with van der Waals surface area (Å²) in [5.41, 5.74) is 0. The van der Waals surface area contributed by atoms with E-state index in [9.17, 15) is 9.36 Å². The summed E-state index contributed by atoms with van der Waals surface area (Å²) in [5.74, 6) is -0.745. The molecular formula is C7H16O5P+. The van der Waals surface area contributed by atoms with E-state index in [4.69, 9.17) is 5.11 Å². The second-order valence-electron chi connectivity index (χ2n) is 1.81. The van der Waals surface area contributed by atoms with Crippen LogP contribution in [-0.4, -0.2) is 24.3 Å². The van der Waals surface area contributed by atoms with Crippen LogP contribution in [0.3, 0.4) is 0 Å². The van der Waals surface area contributed by atoms with Gasteiger partial charge in [-0.3, -0.25) is 4.79 Å². The molecule has 1 N–H and O–H groups in total. The van der Waals surface area contributed by atoms with Crippen LogP contribution in [0, 0.1) is 0 Å². The summed E-state index contributed by atoms with van der Waals surface area (Å²) >= 11 is 0. The van der Waals surface area contributed by atoms with Crippen molar-refractivity contribution in [2.45, 2.75) is 27.2 Å². The van der Waals surface area contributed by atoms with Gasteiger partial charge in [-0.15, -0.1) is 9.05 Å². The van der Waals surface area contributed by atoms with E-state index >= 15 is 0 Å². The SMILES string of the molecule is CCC(=O)O.CCO[P+](=O)OCC. The normalized spacial score (nSPS) is 8.54. The highest BCUT2D eigenvalue weighted by Crippen LogP contribution is 2.21. The molecule has 5 nitrogen and oxygen atoms in total. The molecule has 0 aliphatic rings. The number of carboxylic acids is 1. The summed E-state index contributed by atoms with van der Waals surface area (Å²) in [6, 6.07) is 0. The third kappa shape index (κ3) is 18.4. The van der Waals surface area contributed by atoms with Gasteiger partial charge < -0.3 is 5.11 Å². The molecule has 0 saturated heterocycles. The van der Waals surface area contributed by atoms with Crippen LogP contribution in [0.2, 0.25) is 0 Å². The fraction of sp³-hybridized carbons (Fsp3) is 0.857. The lowest BCUT2D eigenvalue weighted by Gasteiger charge is -1.78. The average Bonchev–Trinajstić information content (AvgIpc) is 2.06. The van der Waals surface area contributed by atoms with Gasteiger partial charge in [0.25, 0.3) is 0 Å². The van der Waals surface area contributed by atoms with Gasteiger partial charge >= 0.3 is 14.2 Å². The van der Waals surface area contributed by atoms with Crippen LogP contribution >= 0.6 is 8.25 Å². The van der Waals surface area contributed by atoms with Crippen LogP contribution in [0.5, 0.6) is 0 Å². The maximum absolute atomic E-state index is 10.3. The molecule has 78 valence electrons. The van der Waals surface area contributed by atoms with Crippen molar-refractivity contribution in [2.75, 3.05) is 13.2 Å². The third-order valence-electron chi connectivity index (χ3n) is 0.771. The van der Waals surface area contributed by atoms with Crippen LogP contribution in [0.25, 0.3) is 0 Å². The minimum Gasteiger partial charge on any atom is -0.481 e. The Morgan fingerprint density at radius 1 is 1.23 bits per heavy atom. The molecule has 0 bridgehead atoms. The Balaban J connectivity index is 0. The van der Waals surface area contributed by atoms with E-state index in [1.165, 1.54) is 0 Å². The Bertz CT molecular complexity index is 140. The van der Waals surface area contributed by atoms with Crippen molar-refractivity contribution in [3.8, 4) is 0 Å². The molecule has 0 aromatic heterocycles. The fourth-order valence-corrected chi connectivity index (χ4v) is 0.744. The maximum Gasteiger partial charge on any atom is 0.697 e. The molecule has 0 unspecified atom stereocenters. The van der Waals surface area contributed by atoms with E-state index < -0.39 is 14.2 Å². The molecule has 0 aliphatic heterocycles. The number of hydrogen-bond acceptors (Lipinski definition) is 4. The standard InChI is InChI=1S/C4H10O3P.C3H6O2/c1-3-6-8(5)7-4-2;1-2-3(4)5/h3-4H2,1-2H3;2H2,1H3,(H,4,5)/q+1;. The minimum atomic E-state index is -1.83. The first-order valence-electron chi connectivity index (χ1n) is 4.03. The first-order chi connectivity index (χ1) is 6.08. The first-order valence-corrected chi connectivity index (χ1v) is 5.12. The maximum atomic E-state index is 10.3. The molecule has 0 fully saturated rings. The van der Waals surface area contributed by atoms with Gasteiger partial charge in [0.1, 0.15) is 13.2 Å². The highest BCUT2D eigenvalue weighted by atomic mass is 31.1. The summed E-state index contributed by atoms with van der Waals surface area (Å²) in [7, 11) is -1.83. The van der Waals surface area contributed by atoms with Crippen LogP contribution in [0.4, 0.5) is 0 Å². The topological polar surface area (TPSA) is 72.8 Å². The Hall–Kier alpha value is -0.510. The zero-order valence-corrected chi connectivity index (χ0v) is 9.04. The zero-order valence-electron chi connectivity index (χ0n) is 8.15. The van der Waals surface area contributed by atoms with Crippen LogP contribution in [0.15, 0.2) is 0 Å². The molecule has 0 aromatic rings. The first kappa shape index (κ1) is 15.0. The van der Waals surface area contributed by atoms with E-state index in [-0.39, 0.29) is 6.42 Å².